The van der Waals surface area contributed by atoms with E-state index < -0.39 is 5.82 Å². The summed E-state index contributed by atoms with van der Waals surface area (Å²) in [4.78, 5) is 9.41. The van der Waals surface area contributed by atoms with Crippen LogP contribution >= 0.6 is 11.6 Å². The fourth-order valence-electron chi connectivity index (χ4n) is 1.79. The van der Waals surface area contributed by atoms with Crippen molar-refractivity contribution in [1.82, 2.24) is 9.97 Å². The number of amidine groups is 1. The molecular weight excluding hydrogens is 281 g/mol. The van der Waals surface area contributed by atoms with E-state index >= 15 is 0 Å². The maximum atomic E-state index is 13.3. The van der Waals surface area contributed by atoms with Crippen LogP contribution in [-0.4, -0.2) is 22.3 Å². The van der Waals surface area contributed by atoms with Gasteiger partial charge in [-0.05, 0) is 42.8 Å². The molecule has 0 atom stereocenters. The van der Waals surface area contributed by atoms with Gasteiger partial charge in [0.05, 0.1) is 0 Å². The molecule has 1 heterocycles. The molecule has 2 rings (SSSR count). The number of halogens is 2. The Morgan fingerprint density at radius 2 is 2.20 bits per heavy atom. The van der Waals surface area contributed by atoms with Crippen LogP contribution in [0.1, 0.15) is 12.5 Å². The smallest absolute Gasteiger partial charge is 0.224 e. The van der Waals surface area contributed by atoms with Crippen molar-refractivity contribution in [2.75, 3.05) is 17.2 Å². The van der Waals surface area contributed by atoms with Crippen molar-refractivity contribution in [3.05, 3.63) is 47.1 Å². The third kappa shape index (κ3) is 2.85. The van der Waals surface area contributed by atoms with E-state index in [0.717, 1.165) is 0 Å². The van der Waals surface area contributed by atoms with Gasteiger partial charge in [-0.2, -0.15) is 0 Å². The predicted octanol–water partition coefficient (Wildman–Crippen LogP) is 2.70. The molecule has 5 nitrogen and oxygen atoms in total. The highest BCUT2D eigenvalue weighted by atomic mass is 35.5. The molecule has 0 radical (unpaired) electrons. The fourth-order valence-corrected chi connectivity index (χ4v) is 1.93. The summed E-state index contributed by atoms with van der Waals surface area (Å²) in [7, 11) is 0. The van der Waals surface area contributed by atoms with Gasteiger partial charge in [-0.25, -0.2) is 14.4 Å². The average Bonchev–Trinajstić information content (AvgIpc) is 2.42. The van der Waals surface area contributed by atoms with Crippen LogP contribution in [0.15, 0.2) is 30.5 Å². The molecule has 1 aromatic heterocycles. The maximum Gasteiger partial charge on any atom is 0.224 e. The van der Waals surface area contributed by atoms with Gasteiger partial charge in [0.2, 0.25) is 5.28 Å². The SMILES string of the molecule is CCN(C(=N)c1cc(F)ccc1N)c1ccnc(Cl)n1. The molecule has 20 heavy (non-hydrogen) atoms. The predicted molar refractivity (Wildman–Crippen MR) is 77.7 cm³/mol. The molecule has 7 heteroatoms. The summed E-state index contributed by atoms with van der Waals surface area (Å²) >= 11 is 5.75. The number of hydrogen-bond donors (Lipinski definition) is 2. The van der Waals surface area contributed by atoms with Crippen molar-refractivity contribution in [2.45, 2.75) is 6.92 Å². The second kappa shape index (κ2) is 5.83. The molecule has 1 aromatic carbocycles. The lowest BCUT2D eigenvalue weighted by Gasteiger charge is -2.23. The monoisotopic (exact) mass is 293 g/mol. The van der Waals surface area contributed by atoms with Crippen LogP contribution in [0.2, 0.25) is 5.28 Å². The molecule has 104 valence electrons. The van der Waals surface area contributed by atoms with E-state index in [9.17, 15) is 4.39 Å². The standard InChI is InChI=1S/C13H13ClFN5/c1-2-20(11-5-6-18-13(14)19-11)12(17)9-7-8(15)3-4-10(9)16/h3-7,17H,2,16H2,1H3. The number of benzene rings is 1. The summed E-state index contributed by atoms with van der Waals surface area (Å²) in [6, 6.07) is 5.53. The first kappa shape index (κ1) is 14.2. The first-order valence-electron chi connectivity index (χ1n) is 5.93. The number of rotatable bonds is 3. The molecule has 0 unspecified atom stereocenters. The highest BCUT2D eigenvalue weighted by Crippen LogP contribution is 2.20. The Kier molecular flexibility index (Phi) is 4.14. The van der Waals surface area contributed by atoms with Gasteiger partial charge in [0.15, 0.2) is 0 Å². The van der Waals surface area contributed by atoms with Gasteiger partial charge in [-0.15, -0.1) is 0 Å². The summed E-state index contributed by atoms with van der Waals surface area (Å²) < 4.78 is 13.3. The fraction of sp³-hybridized carbons (Fsp3) is 0.154. The van der Waals surface area contributed by atoms with Crippen molar-refractivity contribution in [2.24, 2.45) is 0 Å². The third-order valence-electron chi connectivity index (χ3n) is 2.74. The number of aromatic nitrogens is 2. The molecule has 0 aliphatic heterocycles. The van der Waals surface area contributed by atoms with Gasteiger partial charge in [0.25, 0.3) is 0 Å². The van der Waals surface area contributed by atoms with Crippen LogP contribution in [-0.2, 0) is 0 Å². The van der Waals surface area contributed by atoms with E-state index in [2.05, 4.69) is 9.97 Å². The number of nitrogen functional groups attached to an aromatic ring is 1. The van der Waals surface area contributed by atoms with Crippen LogP contribution in [0, 0.1) is 11.2 Å². The lowest BCUT2D eigenvalue weighted by Crippen LogP contribution is -2.32. The molecular formula is C13H13ClFN5. The van der Waals surface area contributed by atoms with Crippen molar-refractivity contribution in [1.29, 1.82) is 5.41 Å². The van der Waals surface area contributed by atoms with E-state index in [0.29, 0.717) is 23.6 Å². The number of nitrogens with two attached hydrogens (primary N) is 1. The number of nitrogens with one attached hydrogen (secondary N) is 1. The van der Waals surface area contributed by atoms with Crippen LogP contribution < -0.4 is 10.6 Å². The first-order valence-corrected chi connectivity index (χ1v) is 6.30. The number of hydrogen-bond acceptors (Lipinski definition) is 4. The third-order valence-corrected chi connectivity index (χ3v) is 2.93. The van der Waals surface area contributed by atoms with E-state index in [1.165, 1.54) is 24.4 Å². The zero-order chi connectivity index (χ0) is 14.7. The van der Waals surface area contributed by atoms with E-state index in [-0.39, 0.29) is 11.1 Å². The Hall–Kier alpha value is -2.21. The Labute approximate surface area is 120 Å². The zero-order valence-electron chi connectivity index (χ0n) is 10.8. The van der Waals surface area contributed by atoms with Gasteiger partial charge in [0.1, 0.15) is 17.5 Å². The highest BCUT2D eigenvalue weighted by Gasteiger charge is 2.17. The number of nitrogens with zero attached hydrogens (tertiary/aromatic N) is 3. The minimum atomic E-state index is -0.448. The minimum absolute atomic E-state index is 0.0549. The lowest BCUT2D eigenvalue weighted by atomic mass is 10.1. The van der Waals surface area contributed by atoms with Crippen molar-refractivity contribution < 1.29 is 4.39 Å². The van der Waals surface area contributed by atoms with Gasteiger partial charge in [0, 0.05) is 24.0 Å². The summed E-state index contributed by atoms with van der Waals surface area (Å²) in [5.74, 6) is 0.0659. The normalized spacial score (nSPS) is 10.3. The van der Waals surface area contributed by atoms with Gasteiger partial charge >= 0.3 is 0 Å². The lowest BCUT2D eigenvalue weighted by molar-refractivity contribution is 0.627. The molecule has 0 spiro atoms. The van der Waals surface area contributed by atoms with Gasteiger partial charge < -0.3 is 10.6 Å². The summed E-state index contributed by atoms with van der Waals surface area (Å²) in [6.45, 7) is 2.31. The molecule has 2 aromatic rings. The summed E-state index contributed by atoms with van der Waals surface area (Å²) in [5.41, 5.74) is 6.43. The van der Waals surface area contributed by atoms with Crippen molar-refractivity contribution in [3.63, 3.8) is 0 Å². The molecule has 0 saturated carbocycles. The Morgan fingerprint density at radius 3 is 2.85 bits per heavy atom. The topological polar surface area (TPSA) is 78.9 Å². The largest absolute Gasteiger partial charge is 0.398 e. The Bertz CT molecular complexity index is 646. The molecule has 0 amide bonds. The second-order valence-corrected chi connectivity index (χ2v) is 4.35. The van der Waals surface area contributed by atoms with Gasteiger partial charge in [-0.3, -0.25) is 5.41 Å². The van der Waals surface area contributed by atoms with Crippen molar-refractivity contribution >= 4 is 28.9 Å². The van der Waals surface area contributed by atoms with Gasteiger partial charge in [-0.1, -0.05) is 0 Å². The van der Waals surface area contributed by atoms with Crippen molar-refractivity contribution in [3.8, 4) is 0 Å². The maximum absolute atomic E-state index is 13.3. The second-order valence-electron chi connectivity index (χ2n) is 4.01. The molecule has 3 N–H and O–H groups in total. The van der Waals surface area contributed by atoms with E-state index in [1.54, 1.807) is 11.0 Å². The molecule has 0 aliphatic carbocycles. The molecule has 0 bridgehead atoms. The van der Waals surface area contributed by atoms with Crippen LogP contribution in [0.5, 0.6) is 0 Å². The minimum Gasteiger partial charge on any atom is -0.398 e. The molecule has 0 saturated heterocycles. The Balaban J connectivity index is 2.41. The quantitative estimate of drug-likeness (QED) is 0.395. The summed E-state index contributed by atoms with van der Waals surface area (Å²) in [5, 5.41) is 8.29. The summed E-state index contributed by atoms with van der Waals surface area (Å²) in [6.07, 6.45) is 1.50. The highest BCUT2D eigenvalue weighted by molar-refractivity contribution is 6.28. The zero-order valence-corrected chi connectivity index (χ0v) is 11.5. The van der Waals surface area contributed by atoms with Crippen LogP contribution in [0.3, 0.4) is 0 Å². The average molecular weight is 294 g/mol. The first-order chi connectivity index (χ1) is 9.52. The Morgan fingerprint density at radius 1 is 1.45 bits per heavy atom. The molecule has 0 fully saturated rings. The molecule has 0 aliphatic rings. The van der Waals surface area contributed by atoms with Crippen LogP contribution in [0.25, 0.3) is 0 Å². The van der Waals surface area contributed by atoms with Crippen LogP contribution in [0.4, 0.5) is 15.9 Å². The van der Waals surface area contributed by atoms with E-state index in [4.69, 9.17) is 22.7 Å². The van der Waals surface area contributed by atoms with E-state index in [1.807, 2.05) is 6.92 Å². The number of anilines is 2.